The van der Waals surface area contributed by atoms with Gasteiger partial charge in [-0.05, 0) is 45.0 Å². The van der Waals surface area contributed by atoms with E-state index in [1.54, 1.807) is 23.1 Å². The van der Waals surface area contributed by atoms with Crippen LogP contribution in [0.1, 0.15) is 32.0 Å². The first kappa shape index (κ1) is 19.3. The maximum Gasteiger partial charge on any atom is 0.261 e. The molecule has 158 valence electrons. The molecular weight excluding hydrogens is 392 g/mol. The van der Waals surface area contributed by atoms with E-state index >= 15 is 0 Å². The number of carbonyl (C=O) groups is 1. The van der Waals surface area contributed by atoms with Crippen LogP contribution in [0.15, 0.2) is 59.9 Å². The lowest BCUT2D eigenvalue weighted by Gasteiger charge is -2.24. The molecule has 5 rings (SSSR count). The minimum atomic E-state index is -0.207. The van der Waals surface area contributed by atoms with Crippen LogP contribution in [0.4, 0.5) is 0 Å². The average molecular weight is 416 g/mol. The summed E-state index contributed by atoms with van der Waals surface area (Å²) in [7, 11) is 0. The Bertz CT molecular complexity index is 1340. The van der Waals surface area contributed by atoms with E-state index in [-0.39, 0.29) is 23.6 Å². The number of hydrogen-bond acceptors (Lipinski definition) is 4. The number of carbonyl (C=O) groups excluding carboxylic acids is 1. The molecule has 0 spiro atoms. The minimum Gasteiger partial charge on any atom is -0.331 e. The summed E-state index contributed by atoms with van der Waals surface area (Å²) in [5.74, 6) is 0.852. The highest BCUT2D eigenvalue weighted by Gasteiger charge is 2.33. The van der Waals surface area contributed by atoms with Crippen molar-refractivity contribution in [2.75, 3.05) is 0 Å². The molecule has 1 aromatic carbocycles. The fourth-order valence-corrected chi connectivity index (χ4v) is 4.05. The molecule has 8 heteroatoms. The van der Waals surface area contributed by atoms with Gasteiger partial charge in [-0.3, -0.25) is 14.2 Å². The normalized spacial score (nSPS) is 13.7. The maximum absolute atomic E-state index is 13.0. The lowest BCUT2D eigenvalue weighted by molar-refractivity contribution is -0.132. The molecule has 1 aliphatic rings. The standard InChI is InChI=1S/C23H24N6O2/c1-23(2,3)29-21(26-10-6-7-11-26)17-12-27(13-19(17)25-29)20(30)14-28-15-24-18-9-5-4-8-16(18)22(28)31/h4-11,15H,12-14H2,1-3H3. The summed E-state index contributed by atoms with van der Waals surface area (Å²) >= 11 is 0. The van der Waals surface area contributed by atoms with Gasteiger partial charge in [0.25, 0.3) is 5.56 Å². The average Bonchev–Trinajstić information content (AvgIpc) is 3.45. The van der Waals surface area contributed by atoms with Gasteiger partial charge in [0.2, 0.25) is 5.91 Å². The van der Waals surface area contributed by atoms with Gasteiger partial charge in [-0.25, -0.2) is 9.67 Å². The molecular formula is C23H24N6O2. The van der Waals surface area contributed by atoms with Gasteiger partial charge in [0.1, 0.15) is 12.4 Å². The Kier molecular flexibility index (Phi) is 4.32. The zero-order valence-electron chi connectivity index (χ0n) is 17.8. The first-order chi connectivity index (χ1) is 14.8. The lowest BCUT2D eigenvalue weighted by atomic mass is 10.1. The second kappa shape index (κ2) is 6.94. The quantitative estimate of drug-likeness (QED) is 0.514. The summed E-state index contributed by atoms with van der Waals surface area (Å²) in [5, 5.41) is 5.35. The SMILES string of the molecule is CC(C)(C)n1nc2c(c1-n1cccc1)CN(C(=O)Cn1cnc3ccccc3c1=O)C2. The van der Waals surface area contributed by atoms with E-state index in [1.807, 2.05) is 39.8 Å². The Balaban J connectivity index is 1.43. The maximum atomic E-state index is 13.0. The Labute approximate surface area is 179 Å². The molecule has 4 heterocycles. The van der Waals surface area contributed by atoms with Gasteiger partial charge >= 0.3 is 0 Å². The first-order valence-electron chi connectivity index (χ1n) is 10.3. The minimum absolute atomic E-state index is 0.0426. The second-order valence-electron chi connectivity index (χ2n) is 8.87. The van der Waals surface area contributed by atoms with Gasteiger partial charge in [-0.2, -0.15) is 5.10 Å². The molecule has 3 aromatic heterocycles. The highest BCUT2D eigenvalue weighted by atomic mass is 16.2. The zero-order valence-corrected chi connectivity index (χ0v) is 17.8. The molecule has 1 amide bonds. The molecule has 0 saturated carbocycles. The Hall–Kier alpha value is -3.68. The number of aromatic nitrogens is 5. The largest absolute Gasteiger partial charge is 0.331 e. The predicted octanol–water partition coefficient (Wildman–Crippen LogP) is 2.68. The number of para-hydroxylation sites is 1. The molecule has 8 nitrogen and oxygen atoms in total. The second-order valence-corrected chi connectivity index (χ2v) is 8.87. The van der Waals surface area contributed by atoms with Crippen molar-refractivity contribution < 1.29 is 4.79 Å². The fraction of sp³-hybridized carbons (Fsp3) is 0.304. The molecule has 0 unspecified atom stereocenters. The fourth-order valence-electron chi connectivity index (χ4n) is 4.05. The molecule has 0 N–H and O–H groups in total. The number of fused-ring (bicyclic) bond motifs is 2. The molecule has 0 atom stereocenters. The monoisotopic (exact) mass is 416 g/mol. The number of nitrogens with zero attached hydrogens (tertiary/aromatic N) is 6. The van der Waals surface area contributed by atoms with E-state index in [4.69, 9.17) is 5.10 Å². The van der Waals surface area contributed by atoms with Gasteiger partial charge in [0, 0.05) is 18.0 Å². The molecule has 31 heavy (non-hydrogen) atoms. The van der Waals surface area contributed by atoms with E-state index in [0.29, 0.717) is 24.0 Å². The highest BCUT2D eigenvalue weighted by molar-refractivity contribution is 5.79. The van der Waals surface area contributed by atoms with Crippen molar-refractivity contribution in [1.29, 1.82) is 0 Å². The van der Waals surface area contributed by atoms with Crippen molar-refractivity contribution in [3.63, 3.8) is 0 Å². The van der Waals surface area contributed by atoms with Crippen LogP contribution >= 0.6 is 0 Å². The Morgan fingerprint density at radius 3 is 2.55 bits per heavy atom. The predicted molar refractivity (Wildman–Crippen MR) is 117 cm³/mol. The van der Waals surface area contributed by atoms with Gasteiger partial charge in [-0.15, -0.1) is 0 Å². The third-order valence-electron chi connectivity index (χ3n) is 5.60. The van der Waals surface area contributed by atoms with E-state index in [2.05, 4.69) is 25.8 Å². The van der Waals surface area contributed by atoms with Gasteiger partial charge in [-0.1, -0.05) is 12.1 Å². The molecule has 1 aliphatic heterocycles. The number of hydrogen-bond donors (Lipinski definition) is 0. The molecule has 0 bridgehead atoms. The number of rotatable bonds is 3. The summed E-state index contributed by atoms with van der Waals surface area (Å²) < 4.78 is 5.45. The molecule has 0 radical (unpaired) electrons. The lowest BCUT2D eigenvalue weighted by Crippen LogP contribution is -2.34. The van der Waals surface area contributed by atoms with Crippen LogP contribution in [-0.4, -0.2) is 34.7 Å². The van der Waals surface area contributed by atoms with E-state index in [9.17, 15) is 9.59 Å². The van der Waals surface area contributed by atoms with E-state index in [0.717, 1.165) is 17.1 Å². The molecule has 4 aromatic rings. The van der Waals surface area contributed by atoms with Gasteiger partial charge in [0.05, 0.1) is 41.6 Å². The van der Waals surface area contributed by atoms with Crippen molar-refractivity contribution >= 4 is 16.8 Å². The van der Waals surface area contributed by atoms with Crippen LogP contribution in [0.2, 0.25) is 0 Å². The summed E-state index contributed by atoms with van der Waals surface area (Å²) in [6.07, 6.45) is 5.43. The van der Waals surface area contributed by atoms with Crippen LogP contribution in [0.3, 0.4) is 0 Å². The van der Waals surface area contributed by atoms with Crippen molar-refractivity contribution in [2.45, 2.75) is 45.9 Å². The third kappa shape index (κ3) is 3.24. The third-order valence-corrected chi connectivity index (χ3v) is 5.60. The van der Waals surface area contributed by atoms with E-state index in [1.165, 1.54) is 10.9 Å². The van der Waals surface area contributed by atoms with Crippen LogP contribution < -0.4 is 5.56 Å². The first-order valence-corrected chi connectivity index (χ1v) is 10.3. The molecule has 0 aliphatic carbocycles. The summed E-state index contributed by atoms with van der Waals surface area (Å²) in [6.45, 7) is 7.20. The van der Waals surface area contributed by atoms with Crippen molar-refractivity contribution in [3.8, 4) is 5.82 Å². The van der Waals surface area contributed by atoms with Crippen LogP contribution in [0, 0.1) is 0 Å². The smallest absolute Gasteiger partial charge is 0.261 e. The summed E-state index contributed by atoms with van der Waals surface area (Å²) in [6, 6.07) is 11.1. The van der Waals surface area contributed by atoms with Gasteiger partial charge < -0.3 is 9.47 Å². The number of amides is 1. The zero-order chi connectivity index (χ0) is 21.8. The van der Waals surface area contributed by atoms with Crippen molar-refractivity contribution in [2.24, 2.45) is 0 Å². The van der Waals surface area contributed by atoms with Crippen LogP contribution in [-0.2, 0) is 30.0 Å². The van der Waals surface area contributed by atoms with Crippen molar-refractivity contribution in [3.05, 3.63) is 76.7 Å². The Morgan fingerprint density at radius 2 is 1.81 bits per heavy atom. The van der Waals surface area contributed by atoms with Crippen LogP contribution in [0.25, 0.3) is 16.7 Å². The topological polar surface area (TPSA) is 78.0 Å². The molecule has 0 saturated heterocycles. The summed E-state index contributed by atoms with van der Waals surface area (Å²) in [4.78, 5) is 31.9. The molecule has 0 fully saturated rings. The van der Waals surface area contributed by atoms with Crippen molar-refractivity contribution in [1.82, 2.24) is 28.8 Å². The van der Waals surface area contributed by atoms with E-state index < -0.39 is 0 Å². The number of benzene rings is 1. The highest BCUT2D eigenvalue weighted by Crippen LogP contribution is 2.32. The Morgan fingerprint density at radius 1 is 1.06 bits per heavy atom. The van der Waals surface area contributed by atoms with Crippen LogP contribution in [0.5, 0.6) is 0 Å². The van der Waals surface area contributed by atoms with Gasteiger partial charge in [0.15, 0.2) is 0 Å². The summed E-state index contributed by atoms with van der Waals surface area (Å²) in [5.41, 5.74) is 2.18.